The molecule has 2 unspecified atom stereocenters. The summed E-state index contributed by atoms with van der Waals surface area (Å²) in [6.45, 7) is -0.885. The molecule has 3 heterocycles. The summed E-state index contributed by atoms with van der Waals surface area (Å²) >= 11 is 4.68. The molecule has 2 saturated heterocycles. The summed E-state index contributed by atoms with van der Waals surface area (Å²) < 4.78 is 49.9. The zero-order valence-corrected chi connectivity index (χ0v) is 10.9. The number of fused-ring (bicyclic) bond motifs is 1. The Kier molecular flexibility index (Phi) is 2.89. The first-order chi connectivity index (χ1) is 9.65. The Bertz CT molecular complexity index is 703. The number of hydrogen-bond acceptors (Lipinski definition) is 6. The molecule has 0 amide bonds. The number of ether oxygens (including phenoxy) is 2. The van der Waals surface area contributed by atoms with E-state index in [1.54, 1.807) is 0 Å². The van der Waals surface area contributed by atoms with Gasteiger partial charge in [0.2, 0.25) is 11.4 Å². The molecule has 0 saturated carbocycles. The van der Waals surface area contributed by atoms with Gasteiger partial charge in [0.25, 0.3) is 0 Å². The van der Waals surface area contributed by atoms with Crippen molar-refractivity contribution in [3.63, 3.8) is 0 Å². The van der Waals surface area contributed by atoms with Gasteiger partial charge >= 0.3 is 11.9 Å². The lowest BCUT2D eigenvalue weighted by Gasteiger charge is -2.32. The number of aromatic amines is 1. The minimum absolute atomic E-state index is 0.0167. The molecule has 0 radical (unpaired) electrons. The standard InChI is InChI=1S/C10H9F3N2O5S/c11-10(12,13)9(18)5-8(3-16,19-5)20-6(9)15-2-1-4(21)14-7(15)17/h1-2,5-6,16,18H,3H2,(H,14,17,21)/t5-,6+,8?,9?/m0/s1. The minimum Gasteiger partial charge on any atom is -0.391 e. The summed E-state index contributed by atoms with van der Waals surface area (Å²) in [7, 11) is 0. The van der Waals surface area contributed by atoms with Crippen molar-refractivity contribution in [2.45, 2.75) is 29.9 Å². The van der Waals surface area contributed by atoms with Crippen LogP contribution in [-0.4, -0.2) is 50.0 Å². The fraction of sp³-hybridized carbons (Fsp3) is 0.600. The quantitative estimate of drug-likeness (QED) is 0.515. The van der Waals surface area contributed by atoms with Gasteiger partial charge in [0.15, 0.2) is 12.3 Å². The first-order valence-corrected chi connectivity index (χ1v) is 6.13. The van der Waals surface area contributed by atoms with E-state index in [0.29, 0.717) is 4.57 Å². The van der Waals surface area contributed by atoms with Crippen molar-refractivity contribution in [1.82, 2.24) is 9.55 Å². The van der Waals surface area contributed by atoms with Crippen LogP contribution in [0.3, 0.4) is 0 Å². The Hall–Kier alpha value is -1.27. The van der Waals surface area contributed by atoms with Crippen molar-refractivity contribution in [2.24, 2.45) is 0 Å². The van der Waals surface area contributed by atoms with E-state index < -0.39 is 42.2 Å². The summed E-state index contributed by atoms with van der Waals surface area (Å²) in [6, 6.07) is 1.17. The third-order valence-electron chi connectivity index (χ3n) is 3.53. The van der Waals surface area contributed by atoms with E-state index in [-0.39, 0.29) is 4.64 Å². The van der Waals surface area contributed by atoms with Crippen LogP contribution < -0.4 is 5.69 Å². The van der Waals surface area contributed by atoms with Crippen LogP contribution in [0.5, 0.6) is 0 Å². The van der Waals surface area contributed by atoms with Crippen molar-refractivity contribution >= 4 is 12.2 Å². The number of rotatable bonds is 2. The second-order valence-electron chi connectivity index (χ2n) is 4.78. The number of aromatic nitrogens is 2. The smallest absolute Gasteiger partial charge is 0.391 e. The SMILES string of the molecule is O=c1[nH]c(=S)ccn1[C@@H]1OC2(CO)O[C@@H]2C1(O)C(F)(F)F. The fourth-order valence-electron chi connectivity index (χ4n) is 2.42. The van der Waals surface area contributed by atoms with E-state index in [1.807, 2.05) is 0 Å². The van der Waals surface area contributed by atoms with E-state index >= 15 is 0 Å². The van der Waals surface area contributed by atoms with E-state index in [9.17, 15) is 23.1 Å². The van der Waals surface area contributed by atoms with Crippen LogP contribution in [-0.2, 0) is 9.47 Å². The van der Waals surface area contributed by atoms with Crippen LogP contribution in [0.15, 0.2) is 17.1 Å². The third-order valence-corrected chi connectivity index (χ3v) is 3.76. The number of aliphatic hydroxyl groups is 2. The van der Waals surface area contributed by atoms with Gasteiger partial charge in [-0.1, -0.05) is 12.2 Å². The van der Waals surface area contributed by atoms with Crippen molar-refractivity contribution in [1.29, 1.82) is 0 Å². The Labute approximate surface area is 119 Å². The monoisotopic (exact) mass is 326 g/mol. The van der Waals surface area contributed by atoms with Gasteiger partial charge in [0.05, 0.1) is 0 Å². The number of hydrogen-bond donors (Lipinski definition) is 3. The number of aliphatic hydroxyl groups excluding tert-OH is 1. The highest BCUT2D eigenvalue weighted by Gasteiger charge is 2.85. The number of nitrogens with one attached hydrogen (secondary N) is 1. The van der Waals surface area contributed by atoms with Crippen molar-refractivity contribution in [2.75, 3.05) is 6.61 Å². The van der Waals surface area contributed by atoms with Crippen LogP contribution >= 0.6 is 12.2 Å². The summed E-state index contributed by atoms with van der Waals surface area (Å²) in [5, 5.41) is 19.2. The van der Waals surface area contributed by atoms with Gasteiger partial charge in [-0.05, 0) is 6.07 Å². The highest BCUT2D eigenvalue weighted by atomic mass is 32.1. The number of alkyl halides is 3. The predicted octanol–water partition coefficient (Wildman–Crippen LogP) is -0.185. The molecule has 3 N–H and O–H groups in total. The second-order valence-corrected chi connectivity index (χ2v) is 5.22. The Morgan fingerprint density at radius 1 is 1.48 bits per heavy atom. The zero-order valence-electron chi connectivity index (χ0n) is 10.1. The van der Waals surface area contributed by atoms with E-state index in [2.05, 4.69) is 21.9 Å². The molecule has 2 aliphatic heterocycles. The first kappa shape index (κ1) is 14.7. The Morgan fingerprint density at radius 2 is 2.14 bits per heavy atom. The maximum Gasteiger partial charge on any atom is 0.424 e. The van der Waals surface area contributed by atoms with Gasteiger partial charge in [0, 0.05) is 6.20 Å². The summed E-state index contributed by atoms with van der Waals surface area (Å²) in [6.07, 6.45) is -8.07. The van der Waals surface area contributed by atoms with Crippen LogP contribution in [0, 0.1) is 4.64 Å². The highest BCUT2D eigenvalue weighted by molar-refractivity contribution is 7.71. The molecule has 2 aliphatic rings. The molecule has 3 rings (SSSR count). The summed E-state index contributed by atoms with van der Waals surface area (Å²) in [5.41, 5.74) is -4.44. The molecule has 0 spiro atoms. The molecule has 0 bridgehead atoms. The van der Waals surface area contributed by atoms with Crippen LogP contribution in [0.4, 0.5) is 13.2 Å². The molecule has 0 aromatic carbocycles. The number of epoxide rings is 1. The molecule has 1 aromatic rings. The van der Waals surface area contributed by atoms with Crippen molar-refractivity contribution < 1.29 is 32.9 Å². The molecule has 0 aliphatic carbocycles. The Morgan fingerprint density at radius 3 is 2.67 bits per heavy atom. The van der Waals surface area contributed by atoms with E-state index in [4.69, 9.17) is 9.84 Å². The molecule has 11 heteroatoms. The Balaban J connectivity index is 2.13. The average Bonchev–Trinajstić information content (AvgIpc) is 3.04. The lowest BCUT2D eigenvalue weighted by molar-refractivity contribution is -0.317. The lowest BCUT2D eigenvalue weighted by atomic mass is 9.96. The van der Waals surface area contributed by atoms with Gasteiger partial charge < -0.3 is 19.7 Å². The molecule has 21 heavy (non-hydrogen) atoms. The maximum absolute atomic E-state index is 13.2. The largest absolute Gasteiger partial charge is 0.424 e. The lowest BCUT2D eigenvalue weighted by Crippen LogP contribution is -2.55. The maximum atomic E-state index is 13.2. The zero-order chi connectivity index (χ0) is 15.6. The number of nitrogens with zero attached hydrogens (tertiary/aromatic N) is 1. The van der Waals surface area contributed by atoms with Gasteiger partial charge in [-0.2, -0.15) is 13.2 Å². The summed E-state index contributed by atoms with van der Waals surface area (Å²) in [4.78, 5) is 13.9. The van der Waals surface area contributed by atoms with Crippen LogP contribution in [0.2, 0.25) is 0 Å². The molecule has 1 aromatic heterocycles. The molecule has 2 fully saturated rings. The third kappa shape index (κ3) is 1.82. The van der Waals surface area contributed by atoms with Crippen LogP contribution in [0.1, 0.15) is 6.23 Å². The van der Waals surface area contributed by atoms with E-state index in [1.165, 1.54) is 6.07 Å². The molecule has 4 atom stereocenters. The normalized spacial score (nSPS) is 38.3. The highest BCUT2D eigenvalue weighted by Crippen LogP contribution is 2.61. The molecular formula is C10H9F3N2O5S. The van der Waals surface area contributed by atoms with Gasteiger partial charge in [-0.15, -0.1) is 0 Å². The molecule has 7 nitrogen and oxygen atoms in total. The van der Waals surface area contributed by atoms with Gasteiger partial charge in [-0.25, -0.2) is 4.79 Å². The van der Waals surface area contributed by atoms with Gasteiger partial charge in [0.1, 0.15) is 11.2 Å². The average molecular weight is 326 g/mol. The molecule has 116 valence electrons. The minimum atomic E-state index is -5.14. The first-order valence-electron chi connectivity index (χ1n) is 5.73. The number of halogens is 3. The van der Waals surface area contributed by atoms with Gasteiger partial charge in [-0.3, -0.25) is 9.55 Å². The van der Waals surface area contributed by atoms with Crippen molar-refractivity contribution in [3.8, 4) is 0 Å². The topological polar surface area (TPSA) is 100 Å². The van der Waals surface area contributed by atoms with Crippen LogP contribution in [0.25, 0.3) is 0 Å². The second kappa shape index (κ2) is 4.14. The summed E-state index contributed by atoms with van der Waals surface area (Å²) in [5.74, 6) is -1.96. The van der Waals surface area contributed by atoms with E-state index in [0.717, 1.165) is 6.20 Å². The van der Waals surface area contributed by atoms with Crippen molar-refractivity contribution in [3.05, 3.63) is 27.4 Å². The fourth-order valence-corrected chi connectivity index (χ4v) is 2.56. The number of H-pyrrole nitrogens is 1. The molecular weight excluding hydrogens is 317 g/mol. The predicted molar refractivity (Wildman–Crippen MR) is 61.7 cm³/mol.